The minimum absolute atomic E-state index is 0.00558. The number of ether oxygens (including phenoxy) is 4. The van der Waals surface area contributed by atoms with Gasteiger partial charge in [0.1, 0.15) is 12.0 Å². The van der Waals surface area contributed by atoms with Gasteiger partial charge in [-0.05, 0) is 44.2 Å². The van der Waals surface area contributed by atoms with Crippen LogP contribution in [-0.4, -0.2) is 37.9 Å². The van der Waals surface area contributed by atoms with Crippen LogP contribution in [0.4, 0.5) is 0 Å². The van der Waals surface area contributed by atoms with E-state index in [0.717, 1.165) is 5.56 Å². The molecular weight excluding hydrogens is 398 g/mol. The summed E-state index contributed by atoms with van der Waals surface area (Å²) in [6, 6.07) is 12.6. The summed E-state index contributed by atoms with van der Waals surface area (Å²) in [7, 11) is 3.13. The van der Waals surface area contributed by atoms with E-state index in [1.165, 1.54) is 7.11 Å². The molecule has 3 rings (SSSR count). The van der Waals surface area contributed by atoms with Gasteiger partial charge in [-0.2, -0.15) is 0 Å². The van der Waals surface area contributed by atoms with Crippen molar-refractivity contribution >= 4 is 5.78 Å². The molecule has 0 aliphatic carbocycles. The van der Waals surface area contributed by atoms with E-state index in [1.54, 1.807) is 25.5 Å². The summed E-state index contributed by atoms with van der Waals surface area (Å²) in [6.07, 6.45) is 2.31. The van der Waals surface area contributed by atoms with Crippen molar-refractivity contribution in [1.82, 2.24) is 4.98 Å². The standard InChI is InChI=1S/C24H27NO6/c1-16(2)31-23-13-17(9-12-22(23)28-4)24-25-18(14-29-24)10-11-20(26)19-7-5-6-8-21(19)30-15-27-3/h5-9,12-14,16H,10-11,15H2,1-4H3. The molecule has 0 spiro atoms. The molecule has 0 N–H and O–H groups in total. The third-order valence-corrected chi connectivity index (χ3v) is 4.45. The molecule has 7 heteroatoms. The van der Waals surface area contributed by atoms with Crippen LogP contribution < -0.4 is 14.2 Å². The van der Waals surface area contributed by atoms with Crippen molar-refractivity contribution in [2.24, 2.45) is 0 Å². The van der Waals surface area contributed by atoms with Gasteiger partial charge in [0.15, 0.2) is 24.1 Å². The number of ketones is 1. The highest BCUT2D eigenvalue weighted by atomic mass is 16.7. The van der Waals surface area contributed by atoms with Crippen LogP contribution in [0.2, 0.25) is 0 Å². The predicted octanol–water partition coefficient (Wildman–Crippen LogP) is 4.94. The van der Waals surface area contributed by atoms with Gasteiger partial charge in [0.05, 0.1) is 24.5 Å². The van der Waals surface area contributed by atoms with Crippen LogP contribution in [0.15, 0.2) is 53.1 Å². The average Bonchev–Trinajstić information content (AvgIpc) is 3.25. The molecule has 0 saturated heterocycles. The number of para-hydroxylation sites is 1. The average molecular weight is 425 g/mol. The molecule has 0 unspecified atom stereocenters. The molecule has 0 bridgehead atoms. The van der Waals surface area contributed by atoms with Crippen LogP contribution in [0.5, 0.6) is 17.2 Å². The van der Waals surface area contributed by atoms with Crippen LogP contribution >= 0.6 is 0 Å². The lowest BCUT2D eigenvalue weighted by Gasteiger charge is -2.13. The maximum atomic E-state index is 12.7. The summed E-state index contributed by atoms with van der Waals surface area (Å²) in [4.78, 5) is 17.2. The van der Waals surface area contributed by atoms with Crippen LogP contribution in [0.3, 0.4) is 0 Å². The Morgan fingerprint density at radius 3 is 2.61 bits per heavy atom. The number of rotatable bonds is 11. The van der Waals surface area contributed by atoms with Crippen LogP contribution in [0, 0.1) is 0 Å². The third kappa shape index (κ3) is 5.86. The zero-order chi connectivity index (χ0) is 22.2. The third-order valence-electron chi connectivity index (χ3n) is 4.45. The predicted molar refractivity (Wildman–Crippen MR) is 116 cm³/mol. The van der Waals surface area contributed by atoms with Gasteiger partial charge >= 0.3 is 0 Å². The molecule has 164 valence electrons. The van der Waals surface area contributed by atoms with E-state index in [-0.39, 0.29) is 25.1 Å². The van der Waals surface area contributed by atoms with Gasteiger partial charge in [-0.25, -0.2) is 4.98 Å². The molecule has 0 atom stereocenters. The Bertz CT molecular complexity index is 1010. The number of Topliss-reactive ketones (excluding diaryl/α,β-unsaturated/α-hetero) is 1. The van der Waals surface area contributed by atoms with Crippen molar-refractivity contribution in [2.45, 2.75) is 32.8 Å². The monoisotopic (exact) mass is 425 g/mol. The number of nitrogens with zero attached hydrogens (tertiary/aromatic N) is 1. The Hall–Kier alpha value is -3.32. The van der Waals surface area contributed by atoms with Gasteiger partial charge < -0.3 is 23.4 Å². The quantitative estimate of drug-likeness (QED) is 0.318. The van der Waals surface area contributed by atoms with Crippen LogP contribution in [0.1, 0.15) is 36.3 Å². The second kappa shape index (κ2) is 10.6. The number of hydrogen-bond donors (Lipinski definition) is 0. The minimum atomic E-state index is -0.0340. The fourth-order valence-corrected chi connectivity index (χ4v) is 3.03. The first-order valence-electron chi connectivity index (χ1n) is 10.0. The van der Waals surface area contributed by atoms with E-state index < -0.39 is 0 Å². The molecule has 1 heterocycles. The SMILES string of the molecule is COCOc1ccccc1C(=O)CCc1coc(-c2ccc(OC)c(OC(C)C)c2)n1. The highest BCUT2D eigenvalue weighted by molar-refractivity contribution is 5.98. The van der Waals surface area contributed by atoms with Gasteiger partial charge in [0.2, 0.25) is 5.89 Å². The largest absolute Gasteiger partial charge is 0.493 e. The number of aryl methyl sites for hydroxylation is 1. The second-order valence-corrected chi connectivity index (χ2v) is 7.15. The van der Waals surface area contributed by atoms with Gasteiger partial charge in [0.25, 0.3) is 0 Å². The molecule has 2 aromatic carbocycles. The zero-order valence-electron chi connectivity index (χ0n) is 18.2. The molecule has 0 aliphatic rings. The number of methoxy groups -OCH3 is 2. The topological polar surface area (TPSA) is 80.0 Å². The number of aromatic nitrogens is 1. The lowest BCUT2D eigenvalue weighted by molar-refractivity contribution is 0.0502. The van der Waals surface area contributed by atoms with E-state index in [4.69, 9.17) is 23.4 Å². The van der Waals surface area contributed by atoms with Crippen molar-refractivity contribution < 1.29 is 28.2 Å². The maximum Gasteiger partial charge on any atom is 0.226 e. The number of carbonyl (C=O) groups excluding carboxylic acids is 1. The Balaban J connectivity index is 1.69. The Morgan fingerprint density at radius 2 is 1.87 bits per heavy atom. The first-order chi connectivity index (χ1) is 15.0. The normalized spacial score (nSPS) is 10.9. The second-order valence-electron chi connectivity index (χ2n) is 7.15. The Kier molecular flexibility index (Phi) is 7.67. The summed E-state index contributed by atoms with van der Waals surface area (Å²) >= 11 is 0. The smallest absolute Gasteiger partial charge is 0.226 e. The lowest BCUT2D eigenvalue weighted by Crippen LogP contribution is -2.07. The molecule has 31 heavy (non-hydrogen) atoms. The minimum Gasteiger partial charge on any atom is -0.493 e. The van der Waals surface area contributed by atoms with Crippen molar-refractivity contribution in [3.63, 3.8) is 0 Å². The van der Waals surface area contributed by atoms with E-state index in [0.29, 0.717) is 40.8 Å². The van der Waals surface area contributed by atoms with E-state index in [9.17, 15) is 4.79 Å². The van der Waals surface area contributed by atoms with E-state index in [2.05, 4.69) is 4.98 Å². The van der Waals surface area contributed by atoms with Gasteiger partial charge in [-0.3, -0.25) is 4.79 Å². The molecule has 0 amide bonds. The lowest BCUT2D eigenvalue weighted by atomic mass is 10.0. The number of benzene rings is 2. The summed E-state index contributed by atoms with van der Waals surface area (Å²) in [5.41, 5.74) is 1.99. The summed E-state index contributed by atoms with van der Waals surface area (Å²) < 4.78 is 27.2. The van der Waals surface area contributed by atoms with Crippen molar-refractivity contribution in [3.8, 4) is 28.7 Å². The summed E-state index contributed by atoms with van der Waals surface area (Å²) in [6.45, 7) is 3.98. The number of carbonyl (C=O) groups is 1. The molecule has 0 fully saturated rings. The van der Waals surface area contributed by atoms with E-state index >= 15 is 0 Å². The summed E-state index contributed by atoms with van der Waals surface area (Å²) in [5, 5.41) is 0. The molecule has 0 saturated carbocycles. The fraction of sp³-hybridized carbons (Fsp3) is 0.333. The van der Waals surface area contributed by atoms with Gasteiger partial charge in [0, 0.05) is 25.5 Å². The van der Waals surface area contributed by atoms with E-state index in [1.807, 2.05) is 44.2 Å². The van der Waals surface area contributed by atoms with Crippen LogP contribution in [0.25, 0.3) is 11.5 Å². The number of oxazole rings is 1. The van der Waals surface area contributed by atoms with Crippen LogP contribution in [-0.2, 0) is 11.2 Å². The molecule has 7 nitrogen and oxygen atoms in total. The highest BCUT2D eigenvalue weighted by Crippen LogP contribution is 2.33. The molecule has 3 aromatic rings. The zero-order valence-corrected chi connectivity index (χ0v) is 18.2. The molecular formula is C24H27NO6. The van der Waals surface area contributed by atoms with Crippen molar-refractivity contribution in [1.29, 1.82) is 0 Å². The Morgan fingerprint density at radius 1 is 1.06 bits per heavy atom. The molecule has 0 aliphatic heterocycles. The summed E-state index contributed by atoms with van der Waals surface area (Å²) in [5.74, 6) is 2.20. The van der Waals surface area contributed by atoms with Crippen molar-refractivity contribution in [2.75, 3.05) is 21.0 Å². The van der Waals surface area contributed by atoms with Gasteiger partial charge in [-0.1, -0.05) is 12.1 Å². The fourth-order valence-electron chi connectivity index (χ4n) is 3.03. The van der Waals surface area contributed by atoms with Crippen molar-refractivity contribution in [3.05, 3.63) is 60.0 Å². The van der Waals surface area contributed by atoms with Gasteiger partial charge in [-0.15, -0.1) is 0 Å². The molecule has 0 radical (unpaired) electrons. The first kappa shape index (κ1) is 22.4. The highest BCUT2D eigenvalue weighted by Gasteiger charge is 2.15. The number of hydrogen-bond acceptors (Lipinski definition) is 7. The first-order valence-corrected chi connectivity index (χ1v) is 10.0. The molecule has 1 aromatic heterocycles. The maximum absolute atomic E-state index is 12.7. The Labute approximate surface area is 181 Å².